The van der Waals surface area contributed by atoms with E-state index in [1.165, 1.54) is 23.9 Å². The Hall–Kier alpha value is -2.42. The molecule has 0 aliphatic carbocycles. The quantitative estimate of drug-likeness (QED) is 0.346. The summed E-state index contributed by atoms with van der Waals surface area (Å²) in [5.74, 6) is -1.95. The maximum absolute atomic E-state index is 11.7. The van der Waals surface area contributed by atoms with Crippen molar-refractivity contribution in [3.05, 3.63) is 39.4 Å². The highest BCUT2D eigenvalue weighted by molar-refractivity contribution is 7.99. The Kier molecular flexibility index (Phi) is 5.32. The zero-order chi connectivity index (χ0) is 17.0. The van der Waals surface area contributed by atoms with Gasteiger partial charge in [0.15, 0.2) is 0 Å². The van der Waals surface area contributed by atoms with Crippen molar-refractivity contribution in [3.8, 4) is 0 Å². The largest absolute Gasteiger partial charge is 0.478 e. The second kappa shape index (κ2) is 7.23. The number of carbonyl (C=O) groups excluding carboxylic acids is 2. The Morgan fingerprint density at radius 2 is 2.17 bits per heavy atom. The number of nitro groups is 1. The molecule has 0 radical (unpaired) electrons. The summed E-state index contributed by atoms with van der Waals surface area (Å²) >= 11 is 1.19. The van der Waals surface area contributed by atoms with Crippen LogP contribution in [0.3, 0.4) is 0 Å². The summed E-state index contributed by atoms with van der Waals surface area (Å²) in [5, 5.41) is 22.2. The monoisotopic (exact) mass is 338 g/mol. The standard InChI is InChI=1S/C14H14N2O6S/c17-12-5-4-8(13(18)15-12)7-23-11-3-1-2-9(14(19)20)10(11)6-16(21)22/h1-3,8H,4-7H2,(H,19,20)(H,15,17,18). The van der Waals surface area contributed by atoms with Crippen LogP contribution < -0.4 is 5.32 Å². The minimum absolute atomic E-state index is 0.116. The van der Waals surface area contributed by atoms with E-state index in [0.717, 1.165) is 0 Å². The number of nitrogens with one attached hydrogen (secondary N) is 1. The number of amides is 2. The molecule has 0 saturated carbocycles. The summed E-state index contributed by atoms with van der Waals surface area (Å²) in [5.41, 5.74) is 0.0114. The predicted octanol–water partition coefficient (Wildman–Crippen LogP) is 1.31. The van der Waals surface area contributed by atoms with Crippen LogP contribution >= 0.6 is 11.8 Å². The van der Waals surface area contributed by atoms with Crippen molar-refractivity contribution in [1.29, 1.82) is 0 Å². The van der Waals surface area contributed by atoms with E-state index >= 15 is 0 Å². The van der Waals surface area contributed by atoms with Gasteiger partial charge in [0, 0.05) is 27.9 Å². The number of rotatable bonds is 6. The summed E-state index contributed by atoms with van der Waals surface area (Å²) in [6.07, 6.45) is 0.675. The Balaban J connectivity index is 2.17. The number of hydrogen-bond donors (Lipinski definition) is 2. The van der Waals surface area contributed by atoms with E-state index in [2.05, 4.69) is 5.32 Å². The van der Waals surface area contributed by atoms with Gasteiger partial charge in [-0.05, 0) is 18.6 Å². The zero-order valence-corrected chi connectivity index (χ0v) is 12.8. The van der Waals surface area contributed by atoms with Crippen LogP contribution in [-0.4, -0.2) is 33.6 Å². The number of piperidine rings is 1. The Bertz CT molecular complexity index is 675. The molecule has 1 aliphatic heterocycles. The van der Waals surface area contributed by atoms with Gasteiger partial charge in [0.1, 0.15) is 0 Å². The fourth-order valence-corrected chi connectivity index (χ4v) is 3.50. The molecule has 1 aliphatic rings. The zero-order valence-electron chi connectivity index (χ0n) is 12.0. The Labute approximate surface area is 135 Å². The van der Waals surface area contributed by atoms with Crippen molar-refractivity contribution in [2.45, 2.75) is 24.3 Å². The fourth-order valence-electron chi connectivity index (χ4n) is 2.28. The van der Waals surface area contributed by atoms with Crippen LogP contribution in [0.5, 0.6) is 0 Å². The van der Waals surface area contributed by atoms with E-state index in [1.54, 1.807) is 6.07 Å². The molecule has 1 saturated heterocycles. The fraction of sp³-hybridized carbons (Fsp3) is 0.357. The van der Waals surface area contributed by atoms with Gasteiger partial charge >= 0.3 is 5.97 Å². The highest BCUT2D eigenvalue weighted by Crippen LogP contribution is 2.30. The lowest BCUT2D eigenvalue weighted by Gasteiger charge is -2.20. The first kappa shape index (κ1) is 16.9. The van der Waals surface area contributed by atoms with E-state index < -0.39 is 17.4 Å². The van der Waals surface area contributed by atoms with Crippen molar-refractivity contribution >= 4 is 29.5 Å². The Morgan fingerprint density at radius 3 is 2.78 bits per heavy atom. The number of imide groups is 1. The molecule has 23 heavy (non-hydrogen) atoms. The van der Waals surface area contributed by atoms with E-state index in [9.17, 15) is 24.5 Å². The summed E-state index contributed by atoms with van der Waals surface area (Å²) in [4.78, 5) is 44.7. The molecule has 0 spiro atoms. The van der Waals surface area contributed by atoms with E-state index in [0.29, 0.717) is 17.1 Å². The van der Waals surface area contributed by atoms with Gasteiger partial charge in [0.2, 0.25) is 18.4 Å². The number of nitrogens with zero attached hydrogens (tertiary/aromatic N) is 1. The van der Waals surface area contributed by atoms with Crippen molar-refractivity contribution in [1.82, 2.24) is 5.32 Å². The average Bonchev–Trinajstić information content (AvgIpc) is 2.46. The Morgan fingerprint density at radius 1 is 1.43 bits per heavy atom. The topological polar surface area (TPSA) is 127 Å². The molecule has 1 heterocycles. The summed E-state index contributed by atoms with van der Waals surface area (Å²) in [6.45, 7) is -0.597. The molecule has 1 atom stereocenters. The average molecular weight is 338 g/mol. The molecule has 122 valence electrons. The summed E-state index contributed by atoms with van der Waals surface area (Å²) in [6, 6.07) is 4.43. The molecule has 1 aromatic rings. The summed E-state index contributed by atoms with van der Waals surface area (Å²) in [7, 11) is 0. The van der Waals surface area contributed by atoms with Gasteiger partial charge in [0.05, 0.1) is 11.1 Å². The number of benzene rings is 1. The number of carbonyl (C=O) groups is 3. The summed E-state index contributed by atoms with van der Waals surface area (Å²) < 4.78 is 0. The minimum atomic E-state index is -1.23. The number of carboxylic acids is 1. The SMILES string of the molecule is O=C1CCC(CSc2cccc(C(=O)O)c2C[N+](=O)[O-])C(=O)N1. The third-order valence-electron chi connectivity index (χ3n) is 3.44. The normalized spacial score (nSPS) is 17.7. The van der Waals surface area contributed by atoms with Gasteiger partial charge in [-0.3, -0.25) is 25.0 Å². The van der Waals surface area contributed by atoms with Crippen LogP contribution in [0.2, 0.25) is 0 Å². The van der Waals surface area contributed by atoms with Gasteiger partial charge in [-0.15, -0.1) is 11.8 Å². The van der Waals surface area contributed by atoms with Gasteiger partial charge in [-0.1, -0.05) is 6.07 Å². The second-order valence-corrected chi connectivity index (χ2v) is 6.10. The predicted molar refractivity (Wildman–Crippen MR) is 80.7 cm³/mol. The van der Waals surface area contributed by atoms with Crippen LogP contribution in [0.1, 0.15) is 28.8 Å². The second-order valence-electron chi connectivity index (χ2n) is 5.04. The lowest BCUT2D eigenvalue weighted by molar-refractivity contribution is -0.497. The smallest absolute Gasteiger partial charge is 0.336 e. The first-order chi connectivity index (χ1) is 10.9. The van der Waals surface area contributed by atoms with E-state index in [-0.39, 0.29) is 35.3 Å². The van der Waals surface area contributed by atoms with Crippen molar-refractivity contribution < 1.29 is 24.4 Å². The number of thioether (sulfide) groups is 1. The number of hydrogen-bond acceptors (Lipinski definition) is 6. The molecule has 1 unspecified atom stereocenters. The van der Waals surface area contributed by atoms with Gasteiger partial charge in [-0.25, -0.2) is 4.79 Å². The van der Waals surface area contributed by atoms with Crippen molar-refractivity contribution in [2.75, 3.05) is 5.75 Å². The first-order valence-electron chi connectivity index (χ1n) is 6.82. The first-order valence-corrected chi connectivity index (χ1v) is 7.80. The lowest BCUT2D eigenvalue weighted by atomic mass is 10.0. The van der Waals surface area contributed by atoms with Gasteiger partial charge < -0.3 is 5.11 Å². The number of carboxylic acid groups (broad SMARTS) is 1. The van der Waals surface area contributed by atoms with E-state index in [4.69, 9.17) is 5.11 Å². The highest BCUT2D eigenvalue weighted by Gasteiger charge is 2.27. The van der Waals surface area contributed by atoms with Gasteiger partial charge in [-0.2, -0.15) is 0 Å². The van der Waals surface area contributed by atoms with Crippen molar-refractivity contribution in [2.24, 2.45) is 5.92 Å². The molecule has 2 amide bonds. The number of aromatic carboxylic acids is 1. The van der Waals surface area contributed by atoms with Crippen LogP contribution in [0.15, 0.2) is 23.1 Å². The molecule has 1 fully saturated rings. The third-order valence-corrected chi connectivity index (χ3v) is 4.71. The van der Waals surface area contributed by atoms with E-state index in [1.807, 2.05) is 0 Å². The molecule has 0 bridgehead atoms. The third kappa shape index (κ3) is 4.28. The lowest BCUT2D eigenvalue weighted by Crippen LogP contribution is -2.41. The molecule has 0 aromatic heterocycles. The highest BCUT2D eigenvalue weighted by atomic mass is 32.2. The molecular formula is C14H14N2O6S. The molecular weight excluding hydrogens is 324 g/mol. The van der Waals surface area contributed by atoms with Crippen LogP contribution in [-0.2, 0) is 16.1 Å². The molecule has 9 heteroatoms. The van der Waals surface area contributed by atoms with Crippen molar-refractivity contribution in [3.63, 3.8) is 0 Å². The van der Waals surface area contributed by atoms with Crippen LogP contribution in [0.25, 0.3) is 0 Å². The van der Waals surface area contributed by atoms with Crippen LogP contribution in [0, 0.1) is 16.0 Å². The molecule has 2 rings (SSSR count). The minimum Gasteiger partial charge on any atom is -0.478 e. The molecule has 1 aromatic carbocycles. The molecule has 8 nitrogen and oxygen atoms in total. The van der Waals surface area contributed by atoms with Crippen LogP contribution in [0.4, 0.5) is 0 Å². The maximum Gasteiger partial charge on any atom is 0.336 e. The molecule has 2 N–H and O–H groups in total. The maximum atomic E-state index is 11.7. The van der Waals surface area contributed by atoms with Gasteiger partial charge in [0.25, 0.3) is 0 Å².